The van der Waals surface area contributed by atoms with Gasteiger partial charge in [0, 0.05) is 16.0 Å². The van der Waals surface area contributed by atoms with Crippen molar-refractivity contribution < 1.29 is 18.4 Å². The molecule has 7 nitrogen and oxygen atoms in total. The van der Waals surface area contributed by atoms with Gasteiger partial charge >= 0.3 is 0 Å². The summed E-state index contributed by atoms with van der Waals surface area (Å²) >= 11 is 6.77. The molecule has 2 amide bonds. The molecule has 180 valence electrons. The second kappa shape index (κ2) is 9.48. The van der Waals surface area contributed by atoms with Gasteiger partial charge in [0.15, 0.2) is 0 Å². The third kappa shape index (κ3) is 4.43. The smallest absolute Gasteiger partial charge is 0.280 e. The predicted molar refractivity (Wildman–Crippen MR) is 136 cm³/mol. The zero-order valence-corrected chi connectivity index (χ0v) is 19.8. The average molecular weight is 524 g/mol. The Morgan fingerprint density at radius 2 is 1.75 bits per heavy atom. The van der Waals surface area contributed by atoms with Crippen molar-refractivity contribution in [3.63, 3.8) is 0 Å². The summed E-state index contributed by atoms with van der Waals surface area (Å²) in [6.45, 7) is 0. The minimum atomic E-state index is -2.83. The number of benzene rings is 2. The number of nitrogens with one attached hydrogen (secondary N) is 2. The first-order valence-corrected chi connectivity index (χ1v) is 11.7. The van der Waals surface area contributed by atoms with Crippen LogP contribution in [0, 0.1) is 0 Å². The topological polar surface area (TPSA) is 114 Å². The number of aromatic nitrogens is 3. The van der Waals surface area contributed by atoms with Crippen LogP contribution in [-0.4, -0.2) is 27.0 Å². The van der Waals surface area contributed by atoms with E-state index in [0.29, 0.717) is 27.2 Å². The van der Waals surface area contributed by atoms with Crippen molar-refractivity contribution in [1.82, 2.24) is 15.2 Å². The lowest BCUT2D eigenvalue weighted by Gasteiger charge is -2.10. The number of nitrogens with zero attached hydrogens (tertiary/aromatic N) is 2. The summed E-state index contributed by atoms with van der Waals surface area (Å²) in [7, 11) is 0. The lowest BCUT2D eigenvalue weighted by molar-refractivity contribution is 0.100. The van der Waals surface area contributed by atoms with Crippen LogP contribution in [0.25, 0.3) is 32.6 Å². The molecule has 0 aliphatic rings. The summed E-state index contributed by atoms with van der Waals surface area (Å²) in [5, 5.41) is 10.5. The fourth-order valence-electron chi connectivity index (χ4n) is 3.75. The van der Waals surface area contributed by atoms with Crippen molar-refractivity contribution >= 4 is 50.7 Å². The number of aromatic amines is 1. The molecule has 0 saturated carbocycles. The van der Waals surface area contributed by atoms with Crippen LogP contribution in [-0.2, 0) is 0 Å². The van der Waals surface area contributed by atoms with Crippen LogP contribution in [0.1, 0.15) is 32.3 Å². The van der Waals surface area contributed by atoms with Gasteiger partial charge in [0.25, 0.3) is 18.2 Å². The van der Waals surface area contributed by atoms with Gasteiger partial charge in [-0.1, -0.05) is 54.1 Å². The van der Waals surface area contributed by atoms with E-state index in [2.05, 4.69) is 20.5 Å². The highest BCUT2D eigenvalue weighted by atomic mass is 35.5. The Morgan fingerprint density at radius 3 is 2.42 bits per heavy atom. The number of thiophene rings is 1. The van der Waals surface area contributed by atoms with E-state index in [4.69, 9.17) is 17.3 Å². The lowest BCUT2D eigenvalue weighted by atomic mass is 10.0. The minimum Gasteiger partial charge on any atom is -0.365 e. The number of nitrogens with two attached hydrogens (primary N) is 1. The van der Waals surface area contributed by atoms with Gasteiger partial charge in [-0.2, -0.15) is 5.10 Å². The maximum atomic E-state index is 13.6. The minimum absolute atomic E-state index is 0.00751. The van der Waals surface area contributed by atoms with Gasteiger partial charge in [-0.05, 0) is 35.4 Å². The molecule has 3 heterocycles. The molecule has 5 aromatic rings. The van der Waals surface area contributed by atoms with E-state index in [1.165, 1.54) is 6.07 Å². The lowest BCUT2D eigenvalue weighted by Crippen LogP contribution is -2.17. The van der Waals surface area contributed by atoms with Gasteiger partial charge in [-0.3, -0.25) is 14.7 Å². The molecule has 0 atom stereocenters. The molecule has 0 aliphatic heterocycles. The van der Waals surface area contributed by atoms with Gasteiger partial charge in [0.2, 0.25) is 0 Å². The van der Waals surface area contributed by atoms with Crippen LogP contribution in [0.5, 0.6) is 0 Å². The third-order valence-corrected chi connectivity index (χ3v) is 6.77. The van der Waals surface area contributed by atoms with E-state index in [-0.39, 0.29) is 21.1 Å². The number of primary amides is 1. The SMILES string of the molecule is NC(=O)c1sc2nc(C(F)F)cc(-c3ccccc3)c2c1NC(=O)c1cc(-c2ccc(Cl)cc2)n[nH]1. The second-order valence-electron chi connectivity index (χ2n) is 7.74. The maximum absolute atomic E-state index is 13.6. The largest absolute Gasteiger partial charge is 0.365 e. The third-order valence-electron chi connectivity index (χ3n) is 5.42. The molecule has 0 unspecified atom stereocenters. The molecule has 3 aromatic heterocycles. The van der Waals surface area contributed by atoms with E-state index in [1.807, 2.05) is 0 Å². The van der Waals surface area contributed by atoms with Crippen LogP contribution in [0.15, 0.2) is 66.7 Å². The molecule has 0 saturated heterocycles. The Kier molecular flexibility index (Phi) is 6.21. The number of carbonyl (C=O) groups is 2. The molecule has 4 N–H and O–H groups in total. The molecule has 0 fully saturated rings. The summed E-state index contributed by atoms with van der Waals surface area (Å²) in [6, 6.07) is 18.5. The van der Waals surface area contributed by atoms with E-state index < -0.39 is 23.9 Å². The number of hydrogen-bond donors (Lipinski definition) is 3. The fourth-order valence-corrected chi connectivity index (χ4v) is 4.89. The number of hydrogen-bond acceptors (Lipinski definition) is 5. The number of amides is 2. The van der Waals surface area contributed by atoms with Crippen LogP contribution in [0.3, 0.4) is 0 Å². The highest BCUT2D eigenvalue weighted by Gasteiger charge is 2.25. The highest BCUT2D eigenvalue weighted by molar-refractivity contribution is 7.21. The Balaban J connectivity index is 1.61. The zero-order chi connectivity index (χ0) is 25.4. The Hall–Kier alpha value is -4.15. The Bertz CT molecular complexity index is 1600. The first kappa shape index (κ1) is 23.6. The molecule has 2 aromatic carbocycles. The number of carbonyl (C=O) groups excluding carboxylic acids is 2. The van der Waals surface area contributed by atoms with Crippen molar-refractivity contribution in [2.75, 3.05) is 5.32 Å². The van der Waals surface area contributed by atoms with Crippen molar-refractivity contribution in [2.45, 2.75) is 6.43 Å². The summed E-state index contributed by atoms with van der Waals surface area (Å²) < 4.78 is 27.2. The summed E-state index contributed by atoms with van der Waals surface area (Å²) in [6.07, 6.45) is -2.83. The van der Waals surface area contributed by atoms with Crippen molar-refractivity contribution in [2.24, 2.45) is 5.73 Å². The molecule has 11 heteroatoms. The summed E-state index contributed by atoms with van der Waals surface area (Å²) in [4.78, 5) is 29.6. The number of fused-ring (bicyclic) bond motifs is 1. The molecule has 0 aliphatic carbocycles. The first-order valence-electron chi connectivity index (χ1n) is 10.6. The van der Waals surface area contributed by atoms with Crippen LogP contribution in [0.2, 0.25) is 5.02 Å². The zero-order valence-electron chi connectivity index (χ0n) is 18.3. The molecule has 0 radical (unpaired) electrons. The summed E-state index contributed by atoms with van der Waals surface area (Å²) in [5.41, 5.74) is 7.61. The highest BCUT2D eigenvalue weighted by Crippen LogP contribution is 2.42. The standard InChI is InChI=1S/C25H16ClF2N5O2S/c26-14-8-6-13(7-9-14)16-11-18(33-32-16)24(35)31-20-19-15(12-4-2-1-3-5-12)10-17(22(27)28)30-25(19)36-21(20)23(29)34/h1-11,22H,(H2,29,34)(H,31,35)(H,32,33). The fraction of sp³-hybridized carbons (Fsp3) is 0.0400. The van der Waals surface area contributed by atoms with Crippen molar-refractivity contribution in [3.05, 3.63) is 88.0 Å². The van der Waals surface area contributed by atoms with E-state index >= 15 is 0 Å². The molecule has 5 rings (SSSR count). The van der Waals surface area contributed by atoms with Gasteiger partial charge in [-0.25, -0.2) is 13.8 Å². The van der Waals surface area contributed by atoms with Gasteiger partial charge in [-0.15, -0.1) is 11.3 Å². The molecular weight excluding hydrogens is 508 g/mol. The average Bonchev–Trinajstić information content (AvgIpc) is 3.50. The first-order chi connectivity index (χ1) is 17.3. The molecule has 36 heavy (non-hydrogen) atoms. The molecule has 0 spiro atoms. The number of anilines is 1. The summed E-state index contributed by atoms with van der Waals surface area (Å²) in [5.74, 6) is -1.42. The van der Waals surface area contributed by atoms with E-state index in [0.717, 1.165) is 16.9 Å². The number of alkyl halides is 2. The van der Waals surface area contributed by atoms with Crippen molar-refractivity contribution in [1.29, 1.82) is 0 Å². The predicted octanol–water partition coefficient (Wildman–Crippen LogP) is 6.30. The van der Waals surface area contributed by atoms with Crippen LogP contribution >= 0.6 is 22.9 Å². The molecule has 0 bridgehead atoms. The number of H-pyrrole nitrogens is 1. The van der Waals surface area contributed by atoms with Crippen LogP contribution < -0.4 is 11.1 Å². The van der Waals surface area contributed by atoms with Crippen molar-refractivity contribution in [3.8, 4) is 22.4 Å². The maximum Gasteiger partial charge on any atom is 0.280 e. The monoisotopic (exact) mass is 523 g/mol. The second-order valence-corrected chi connectivity index (χ2v) is 9.18. The quantitative estimate of drug-likeness (QED) is 0.242. The molecular formula is C25H16ClF2N5O2S. The van der Waals surface area contributed by atoms with E-state index in [1.54, 1.807) is 60.7 Å². The van der Waals surface area contributed by atoms with Gasteiger partial charge in [0.1, 0.15) is 21.1 Å². The van der Waals surface area contributed by atoms with Gasteiger partial charge < -0.3 is 11.1 Å². The van der Waals surface area contributed by atoms with Gasteiger partial charge in [0.05, 0.1) is 11.4 Å². The van der Waals surface area contributed by atoms with Crippen LogP contribution in [0.4, 0.5) is 14.5 Å². The Labute approximate surface area is 211 Å². The number of pyridine rings is 1. The number of rotatable bonds is 6. The normalized spacial score (nSPS) is 11.2. The Morgan fingerprint density at radius 1 is 1.03 bits per heavy atom. The van der Waals surface area contributed by atoms with E-state index in [9.17, 15) is 18.4 Å². The number of halogens is 3.